The molecular weight excluding hydrogens is 392 g/mol. The van der Waals surface area contributed by atoms with Gasteiger partial charge in [0.25, 0.3) is 0 Å². The van der Waals surface area contributed by atoms with Crippen molar-refractivity contribution >= 4 is 21.8 Å². The maximum Gasteiger partial charge on any atom is 0.322 e. The molecule has 29 heavy (non-hydrogen) atoms. The maximum atomic E-state index is 12.9. The van der Waals surface area contributed by atoms with Gasteiger partial charge in [-0.2, -0.15) is 8.42 Å². The van der Waals surface area contributed by atoms with Crippen molar-refractivity contribution in [1.29, 1.82) is 0 Å². The SMILES string of the molecule is Cc1cccc(NC(=O)N(Cc2ccc(OS(C)(=O)=O)cc2)Cc2ccco2)c1. The first-order valence-corrected chi connectivity index (χ1v) is 10.7. The Morgan fingerprint density at radius 1 is 1.07 bits per heavy atom. The van der Waals surface area contributed by atoms with Crippen molar-refractivity contribution in [2.75, 3.05) is 11.6 Å². The van der Waals surface area contributed by atoms with Crippen molar-refractivity contribution < 1.29 is 21.8 Å². The van der Waals surface area contributed by atoms with E-state index >= 15 is 0 Å². The van der Waals surface area contributed by atoms with Gasteiger partial charge in [0, 0.05) is 12.2 Å². The second-order valence-electron chi connectivity index (χ2n) is 6.67. The Labute approximate surface area is 170 Å². The van der Waals surface area contributed by atoms with Crippen molar-refractivity contribution in [3.63, 3.8) is 0 Å². The number of rotatable bonds is 7. The summed E-state index contributed by atoms with van der Waals surface area (Å²) in [7, 11) is -3.59. The molecule has 3 aromatic rings. The van der Waals surface area contributed by atoms with Crippen LogP contribution in [0, 0.1) is 6.92 Å². The lowest BCUT2D eigenvalue weighted by atomic mass is 10.2. The summed E-state index contributed by atoms with van der Waals surface area (Å²) in [5, 5.41) is 2.90. The van der Waals surface area contributed by atoms with Crippen LogP contribution in [-0.4, -0.2) is 25.6 Å². The average Bonchev–Trinajstić information content (AvgIpc) is 3.14. The van der Waals surface area contributed by atoms with Gasteiger partial charge in [0.1, 0.15) is 11.5 Å². The van der Waals surface area contributed by atoms with Crippen LogP contribution in [0.4, 0.5) is 10.5 Å². The standard InChI is InChI=1S/C21H22N2O5S/c1-16-5-3-6-18(13-16)22-21(24)23(15-20-7-4-12-27-20)14-17-8-10-19(11-9-17)28-29(2,25)26/h3-13H,14-15H2,1-2H3,(H,22,24). The van der Waals surface area contributed by atoms with Gasteiger partial charge < -0.3 is 18.8 Å². The summed E-state index contributed by atoms with van der Waals surface area (Å²) in [6.07, 6.45) is 2.55. The third kappa shape index (κ3) is 6.39. The number of benzene rings is 2. The van der Waals surface area contributed by atoms with E-state index in [1.165, 1.54) is 0 Å². The van der Waals surface area contributed by atoms with Gasteiger partial charge in [-0.25, -0.2) is 4.79 Å². The number of hydrogen-bond acceptors (Lipinski definition) is 5. The Bertz CT molecular complexity index is 1060. The van der Waals surface area contributed by atoms with Crippen LogP contribution in [0.2, 0.25) is 0 Å². The number of nitrogens with one attached hydrogen (secondary N) is 1. The highest BCUT2D eigenvalue weighted by Gasteiger charge is 2.17. The number of furan rings is 1. The Kier molecular flexibility index (Phi) is 6.23. The lowest BCUT2D eigenvalue weighted by molar-refractivity contribution is 0.201. The number of carbonyl (C=O) groups excluding carboxylic acids is 1. The molecule has 0 bridgehead atoms. The first-order valence-electron chi connectivity index (χ1n) is 8.92. The van der Waals surface area contributed by atoms with Gasteiger partial charge in [-0.15, -0.1) is 0 Å². The minimum atomic E-state index is -3.59. The van der Waals surface area contributed by atoms with E-state index in [-0.39, 0.29) is 18.3 Å². The fourth-order valence-electron chi connectivity index (χ4n) is 2.76. The number of amides is 2. The summed E-state index contributed by atoms with van der Waals surface area (Å²) >= 11 is 0. The van der Waals surface area contributed by atoms with Gasteiger partial charge in [0.2, 0.25) is 0 Å². The minimum Gasteiger partial charge on any atom is -0.467 e. The molecule has 152 valence electrons. The lowest BCUT2D eigenvalue weighted by Gasteiger charge is -2.22. The topological polar surface area (TPSA) is 88.9 Å². The number of hydrogen-bond donors (Lipinski definition) is 1. The Hall–Kier alpha value is -3.26. The second-order valence-corrected chi connectivity index (χ2v) is 8.24. The zero-order valence-corrected chi connectivity index (χ0v) is 17.0. The van der Waals surface area contributed by atoms with Crippen LogP contribution in [0.5, 0.6) is 5.75 Å². The monoisotopic (exact) mass is 414 g/mol. The molecule has 0 saturated carbocycles. The van der Waals surface area contributed by atoms with E-state index in [4.69, 9.17) is 8.60 Å². The quantitative estimate of drug-likeness (QED) is 0.587. The van der Waals surface area contributed by atoms with Gasteiger partial charge in [-0.3, -0.25) is 0 Å². The summed E-state index contributed by atoms with van der Waals surface area (Å²) in [4.78, 5) is 14.5. The summed E-state index contributed by atoms with van der Waals surface area (Å²) in [5.74, 6) is 0.875. The zero-order valence-electron chi connectivity index (χ0n) is 16.2. The summed E-state index contributed by atoms with van der Waals surface area (Å²) in [5.41, 5.74) is 2.56. The van der Waals surface area contributed by atoms with Crippen LogP contribution >= 0.6 is 0 Å². The summed E-state index contributed by atoms with van der Waals surface area (Å²) in [6, 6.07) is 17.4. The molecule has 0 aliphatic rings. The van der Waals surface area contributed by atoms with Crippen LogP contribution in [0.15, 0.2) is 71.3 Å². The molecule has 8 heteroatoms. The van der Waals surface area contributed by atoms with Crippen molar-refractivity contribution in [2.24, 2.45) is 0 Å². The highest BCUT2D eigenvalue weighted by atomic mass is 32.2. The molecule has 7 nitrogen and oxygen atoms in total. The molecule has 2 amide bonds. The second kappa shape index (κ2) is 8.83. The van der Waals surface area contributed by atoms with E-state index in [9.17, 15) is 13.2 Å². The molecule has 2 aromatic carbocycles. The number of aryl methyl sites for hydroxylation is 1. The highest BCUT2D eigenvalue weighted by molar-refractivity contribution is 7.86. The first kappa shape index (κ1) is 20.5. The Morgan fingerprint density at radius 2 is 1.83 bits per heavy atom. The molecule has 0 radical (unpaired) electrons. The van der Waals surface area contributed by atoms with E-state index in [1.54, 1.807) is 47.6 Å². The molecule has 0 aliphatic heterocycles. The maximum absolute atomic E-state index is 12.9. The van der Waals surface area contributed by atoms with Crippen LogP contribution in [0.3, 0.4) is 0 Å². The first-order chi connectivity index (χ1) is 13.8. The van der Waals surface area contributed by atoms with Crippen LogP contribution in [0.25, 0.3) is 0 Å². The fourth-order valence-corrected chi connectivity index (χ4v) is 3.22. The molecule has 0 aliphatic carbocycles. The largest absolute Gasteiger partial charge is 0.467 e. The van der Waals surface area contributed by atoms with E-state index in [1.807, 2.05) is 31.2 Å². The molecule has 1 heterocycles. The van der Waals surface area contributed by atoms with Gasteiger partial charge in [-0.05, 0) is 54.4 Å². The van der Waals surface area contributed by atoms with Gasteiger partial charge >= 0.3 is 16.1 Å². The Balaban J connectivity index is 1.75. The van der Waals surface area contributed by atoms with Crippen molar-refractivity contribution in [3.05, 3.63) is 83.8 Å². The van der Waals surface area contributed by atoms with E-state index < -0.39 is 10.1 Å². The minimum absolute atomic E-state index is 0.220. The lowest BCUT2D eigenvalue weighted by Crippen LogP contribution is -2.34. The number of urea groups is 1. The molecule has 0 spiro atoms. The molecule has 3 rings (SSSR count). The van der Waals surface area contributed by atoms with Crippen LogP contribution in [0.1, 0.15) is 16.9 Å². The van der Waals surface area contributed by atoms with Crippen molar-refractivity contribution in [3.8, 4) is 5.75 Å². The molecular formula is C21H22N2O5S. The normalized spacial score (nSPS) is 11.1. The van der Waals surface area contributed by atoms with Crippen molar-refractivity contribution in [1.82, 2.24) is 4.90 Å². The van der Waals surface area contributed by atoms with Gasteiger partial charge in [-0.1, -0.05) is 24.3 Å². The molecule has 0 atom stereocenters. The predicted octanol–water partition coefficient (Wildman–Crippen LogP) is 4.16. The highest BCUT2D eigenvalue weighted by Crippen LogP contribution is 2.18. The van der Waals surface area contributed by atoms with Gasteiger partial charge in [0.15, 0.2) is 0 Å². The molecule has 0 fully saturated rings. The van der Waals surface area contributed by atoms with E-state index in [2.05, 4.69) is 5.32 Å². The average molecular weight is 414 g/mol. The molecule has 1 aromatic heterocycles. The van der Waals surface area contributed by atoms with Crippen molar-refractivity contribution in [2.45, 2.75) is 20.0 Å². The molecule has 0 saturated heterocycles. The van der Waals surface area contributed by atoms with E-state index in [0.717, 1.165) is 17.4 Å². The molecule has 1 N–H and O–H groups in total. The molecule has 0 unspecified atom stereocenters. The summed E-state index contributed by atoms with van der Waals surface area (Å²) < 4.78 is 32.7. The van der Waals surface area contributed by atoms with Gasteiger partial charge in [0.05, 0.1) is 19.1 Å². The summed E-state index contributed by atoms with van der Waals surface area (Å²) in [6.45, 7) is 2.54. The number of carbonyl (C=O) groups is 1. The third-order valence-electron chi connectivity index (χ3n) is 4.03. The smallest absolute Gasteiger partial charge is 0.322 e. The Morgan fingerprint density at radius 3 is 2.45 bits per heavy atom. The van der Waals surface area contributed by atoms with Crippen LogP contribution < -0.4 is 9.50 Å². The van der Waals surface area contributed by atoms with Crippen LogP contribution in [-0.2, 0) is 23.2 Å². The number of anilines is 1. The zero-order chi connectivity index (χ0) is 20.9. The van der Waals surface area contributed by atoms with E-state index in [0.29, 0.717) is 18.0 Å². The fraction of sp³-hybridized carbons (Fsp3) is 0.190. The third-order valence-corrected chi connectivity index (χ3v) is 4.52. The number of nitrogens with zero attached hydrogens (tertiary/aromatic N) is 1. The predicted molar refractivity (Wildman–Crippen MR) is 110 cm³/mol.